The van der Waals surface area contributed by atoms with Gasteiger partial charge in [0, 0.05) is 22.7 Å². The summed E-state index contributed by atoms with van der Waals surface area (Å²) in [6.45, 7) is 2.05. The van der Waals surface area contributed by atoms with Gasteiger partial charge in [-0.3, -0.25) is 4.79 Å². The van der Waals surface area contributed by atoms with Crippen LogP contribution >= 0.6 is 11.8 Å². The predicted molar refractivity (Wildman–Crippen MR) is 90.7 cm³/mol. The van der Waals surface area contributed by atoms with Gasteiger partial charge in [-0.25, -0.2) is 0 Å². The number of nitrogens with one attached hydrogen (secondary N) is 1. The minimum atomic E-state index is 0.0255. The number of carbonyl (C=O) groups excluding carboxylic acids is 1. The van der Waals surface area contributed by atoms with Gasteiger partial charge in [0.05, 0.1) is 0 Å². The molecule has 3 nitrogen and oxygen atoms in total. The summed E-state index contributed by atoms with van der Waals surface area (Å²) in [6, 6.07) is 15.5. The molecule has 0 aromatic heterocycles. The van der Waals surface area contributed by atoms with E-state index in [0.29, 0.717) is 6.42 Å². The number of hydrogen-bond acceptors (Lipinski definition) is 3. The van der Waals surface area contributed by atoms with Crippen molar-refractivity contribution in [2.45, 2.75) is 24.2 Å². The highest BCUT2D eigenvalue weighted by Gasteiger charge is 2.11. The zero-order chi connectivity index (χ0) is 15.2. The number of thioether (sulfide) groups is 1. The molecule has 2 aromatic rings. The maximum absolute atomic E-state index is 12.1. The molecule has 2 aromatic carbocycles. The first-order valence-corrected chi connectivity index (χ1v) is 8.10. The summed E-state index contributed by atoms with van der Waals surface area (Å²) < 4.78 is 0. The lowest BCUT2D eigenvalue weighted by Gasteiger charge is -2.12. The lowest BCUT2D eigenvalue weighted by molar-refractivity contribution is -0.116. The average molecular weight is 300 g/mol. The second-order valence-electron chi connectivity index (χ2n) is 5.05. The monoisotopic (exact) mass is 300 g/mol. The zero-order valence-electron chi connectivity index (χ0n) is 12.3. The Morgan fingerprint density at radius 2 is 1.95 bits per heavy atom. The van der Waals surface area contributed by atoms with E-state index in [1.807, 2.05) is 61.7 Å². The van der Waals surface area contributed by atoms with Crippen molar-refractivity contribution < 1.29 is 4.79 Å². The van der Waals surface area contributed by atoms with Gasteiger partial charge in [-0.2, -0.15) is 0 Å². The zero-order valence-corrected chi connectivity index (χ0v) is 13.1. The van der Waals surface area contributed by atoms with E-state index in [4.69, 9.17) is 5.73 Å². The molecule has 0 fully saturated rings. The third-order valence-corrected chi connectivity index (χ3v) is 4.08. The van der Waals surface area contributed by atoms with E-state index in [-0.39, 0.29) is 11.8 Å². The van der Waals surface area contributed by atoms with Crippen molar-refractivity contribution in [1.82, 2.24) is 0 Å². The van der Waals surface area contributed by atoms with Crippen LogP contribution in [-0.2, 0) is 4.79 Å². The summed E-state index contributed by atoms with van der Waals surface area (Å²) in [5.41, 5.74) is 8.38. The van der Waals surface area contributed by atoms with Gasteiger partial charge in [0.15, 0.2) is 0 Å². The van der Waals surface area contributed by atoms with Crippen molar-refractivity contribution in [3.05, 3.63) is 54.1 Å². The predicted octanol–water partition coefficient (Wildman–Crippen LogP) is 4.12. The SMILES string of the molecule is CSc1cccc(NC(=O)CC(C)c2ccc(N)cc2)c1. The second kappa shape index (κ2) is 7.18. The van der Waals surface area contributed by atoms with Gasteiger partial charge in [-0.1, -0.05) is 25.1 Å². The minimum Gasteiger partial charge on any atom is -0.399 e. The quantitative estimate of drug-likeness (QED) is 0.645. The molecule has 110 valence electrons. The van der Waals surface area contributed by atoms with Crippen molar-refractivity contribution >= 4 is 29.0 Å². The fraction of sp³-hybridized carbons (Fsp3) is 0.235. The van der Waals surface area contributed by atoms with E-state index in [9.17, 15) is 4.79 Å². The summed E-state index contributed by atoms with van der Waals surface area (Å²) in [5.74, 6) is 0.187. The second-order valence-corrected chi connectivity index (χ2v) is 5.93. The molecule has 0 heterocycles. The minimum absolute atomic E-state index is 0.0255. The van der Waals surface area contributed by atoms with Gasteiger partial charge in [-0.15, -0.1) is 11.8 Å². The van der Waals surface area contributed by atoms with Crippen molar-refractivity contribution in [1.29, 1.82) is 0 Å². The van der Waals surface area contributed by atoms with Crippen molar-refractivity contribution in [2.75, 3.05) is 17.3 Å². The largest absolute Gasteiger partial charge is 0.399 e. The van der Waals surface area contributed by atoms with E-state index >= 15 is 0 Å². The van der Waals surface area contributed by atoms with Crippen LogP contribution in [-0.4, -0.2) is 12.2 Å². The number of rotatable bonds is 5. The molecule has 0 radical (unpaired) electrons. The van der Waals surface area contributed by atoms with Crippen molar-refractivity contribution in [2.24, 2.45) is 0 Å². The number of benzene rings is 2. The molecule has 0 aliphatic heterocycles. The smallest absolute Gasteiger partial charge is 0.224 e. The number of carbonyl (C=O) groups is 1. The third kappa shape index (κ3) is 4.53. The van der Waals surface area contributed by atoms with Crippen LogP contribution in [0.5, 0.6) is 0 Å². The molecular formula is C17H20N2OS. The summed E-state index contributed by atoms with van der Waals surface area (Å²) in [6.07, 6.45) is 2.47. The highest BCUT2D eigenvalue weighted by atomic mass is 32.2. The molecule has 0 saturated heterocycles. The molecule has 1 atom stereocenters. The number of anilines is 2. The molecule has 0 spiro atoms. The van der Waals surface area contributed by atoms with E-state index in [1.165, 1.54) is 0 Å². The first-order chi connectivity index (χ1) is 10.1. The summed E-state index contributed by atoms with van der Waals surface area (Å²) >= 11 is 1.66. The molecular weight excluding hydrogens is 280 g/mol. The van der Waals surface area contributed by atoms with Gasteiger partial charge < -0.3 is 11.1 Å². The van der Waals surface area contributed by atoms with E-state index in [1.54, 1.807) is 11.8 Å². The number of nitrogens with two attached hydrogens (primary N) is 1. The van der Waals surface area contributed by atoms with E-state index < -0.39 is 0 Å². The highest BCUT2D eigenvalue weighted by Crippen LogP contribution is 2.22. The van der Waals surface area contributed by atoms with Crippen LogP contribution in [0.2, 0.25) is 0 Å². The van der Waals surface area contributed by atoms with Gasteiger partial charge in [-0.05, 0) is 48.1 Å². The van der Waals surface area contributed by atoms with Crippen molar-refractivity contribution in [3.8, 4) is 0 Å². The van der Waals surface area contributed by atoms with Crippen molar-refractivity contribution in [3.63, 3.8) is 0 Å². The Hall–Kier alpha value is -1.94. The van der Waals surface area contributed by atoms with Crippen LogP contribution in [0.1, 0.15) is 24.8 Å². The van der Waals surface area contributed by atoms with E-state index in [0.717, 1.165) is 21.8 Å². The number of hydrogen-bond donors (Lipinski definition) is 2. The van der Waals surface area contributed by atoms with Crippen LogP contribution in [0.25, 0.3) is 0 Å². The Morgan fingerprint density at radius 1 is 1.24 bits per heavy atom. The van der Waals surface area contributed by atoms with Crippen LogP contribution < -0.4 is 11.1 Å². The number of nitrogen functional groups attached to an aromatic ring is 1. The molecule has 0 saturated carbocycles. The van der Waals surface area contributed by atoms with Crippen LogP contribution in [0.15, 0.2) is 53.4 Å². The Morgan fingerprint density at radius 3 is 2.62 bits per heavy atom. The van der Waals surface area contributed by atoms with Crippen LogP contribution in [0.3, 0.4) is 0 Å². The molecule has 3 N–H and O–H groups in total. The molecule has 0 bridgehead atoms. The van der Waals surface area contributed by atoms with Crippen LogP contribution in [0.4, 0.5) is 11.4 Å². The van der Waals surface area contributed by atoms with Gasteiger partial charge in [0.2, 0.25) is 5.91 Å². The van der Waals surface area contributed by atoms with Crippen LogP contribution in [0, 0.1) is 0 Å². The summed E-state index contributed by atoms with van der Waals surface area (Å²) in [4.78, 5) is 13.3. The Balaban J connectivity index is 1.96. The first-order valence-electron chi connectivity index (χ1n) is 6.88. The maximum Gasteiger partial charge on any atom is 0.224 e. The fourth-order valence-electron chi connectivity index (χ4n) is 2.13. The van der Waals surface area contributed by atoms with Gasteiger partial charge in [0.1, 0.15) is 0 Å². The molecule has 21 heavy (non-hydrogen) atoms. The fourth-order valence-corrected chi connectivity index (χ4v) is 2.59. The highest BCUT2D eigenvalue weighted by molar-refractivity contribution is 7.98. The molecule has 0 aliphatic rings. The molecule has 4 heteroatoms. The summed E-state index contributed by atoms with van der Waals surface area (Å²) in [5, 5.41) is 2.95. The number of amides is 1. The molecule has 1 unspecified atom stereocenters. The maximum atomic E-state index is 12.1. The lowest BCUT2D eigenvalue weighted by atomic mass is 9.97. The molecule has 1 amide bonds. The summed E-state index contributed by atoms with van der Waals surface area (Å²) in [7, 11) is 0. The van der Waals surface area contributed by atoms with Gasteiger partial charge in [0.25, 0.3) is 0 Å². The average Bonchev–Trinajstić information content (AvgIpc) is 2.47. The lowest BCUT2D eigenvalue weighted by Crippen LogP contribution is -2.14. The third-order valence-electron chi connectivity index (χ3n) is 3.35. The van der Waals surface area contributed by atoms with E-state index in [2.05, 4.69) is 5.32 Å². The Bertz CT molecular complexity index is 610. The molecule has 2 rings (SSSR count). The normalized spacial score (nSPS) is 11.9. The molecule has 0 aliphatic carbocycles. The Kier molecular flexibility index (Phi) is 5.28. The standard InChI is InChI=1S/C17H20N2OS/c1-12(13-6-8-14(18)9-7-13)10-17(20)19-15-4-3-5-16(11-15)21-2/h3-9,11-12H,10,18H2,1-2H3,(H,19,20). The first kappa shape index (κ1) is 15.4. The van der Waals surface area contributed by atoms with Gasteiger partial charge >= 0.3 is 0 Å². The topological polar surface area (TPSA) is 55.1 Å². The Labute approximate surface area is 129 Å².